The number of Topliss-reactive ketones (excluding diaryl/α,β-unsaturated/α-hetero) is 1. The smallest absolute Gasteiger partial charge is 0.351 e. The van der Waals surface area contributed by atoms with E-state index in [0.29, 0.717) is 0 Å². The van der Waals surface area contributed by atoms with Crippen LogP contribution < -0.4 is 11.4 Å². The molecule has 1 aromatic heterocycles. The summed E-state index contributed by atoms with van der Waals surface area (Å²) < 4.78 is 20.9. The van der Waals surface area contributed by atoms with Crippen molar-refractivity contribution in [2.24, 2.45) is 0 Å². The number of anilines is 1. The summed E-state index contributed by atoms with van der Waals surface area (Å²) in [4.78, 5) is 29.7. The number of likely N-dealkylation sites (tertiary alicyclic amines) is 1. The number of hydrogen-bond donors (Lipinski definition) is 1. The maximum absolute atomic E-state index is 14.2. The lowest BCUT2D eigenvalue weighted by Gasteiger charge is -2.26. The quantitative estimate of drug-likeness (QED) is 0.868. The van der Waals surface area contributed by atoms with Crippen molar-refractivity contribution in [1.82, 2.24) is 14.5 Å². The van der Waals surface area contributed by atoms with Gasteiger partial charge in [0.1, 0.15) is 18.2 Å². The normalized spacial score (nSPS) is 28.8. The zero-order valence-electron chi connectivity index (χ0n) is 12.9. The van der Waals surface area contributed by atoms with Gasteiger partial charge in [0.05, 0.1) is 6.54 Å². The predicted octanol–water partition coefficient (Wildman–Crippen LogP) is 0.506. The Morgan fingerprint density at radius 3 is 2.83 bits per heavy atom. The van der Waals surface area contributed by atoms with E-state index in [2.05, 4.69) is 4.98 Å². The van der Waals surface area contributed by atoms with Gasteiger partial charge in [-0.1, -0.05) is 6.42 Å². The lowest BCUT2D eigenvalue weighted by molar-refractivity contribution is -0.135. The molecule has 3 heterocycles. The zero-order valence-corrected chi connectivity index (χ0v) is 12.9. The number of aromatic nitrogens is 2. The second kappa shape index (κ2) is 6.76. The second-order valence-corrected chi connectivity index (χ2v) is 6.11. The molecular formula is C15H21FN4O3. The van der Waals surface area contributed by atoms with Crippen molar-refractivity contribution in [2.75, 3.05) is 25.4 Å². The van der Waals surface area contributed by atoms with Gasteiger partial charge in [0.2, 0.25) is 0 Å². The first-order valence-electron chi connectivity index (χ1n) is 7.94. The van der Waals surface area contributed by atoms with Crippen molar-refractivity contribution in [3.8, 4) is 0 Å². The molecule has 2 aliphatic rings. The topological polar surface area (TPSA) is 90.5 Å². The molecular weight excluding hydrogens is 303 g/mol. The van der Waals surface area contributed by atoms with Crippen LogP contribution in [0, 0.1) is 0 Å². The second-order valence-electron chi connectivity index (χ2n) is 6.11. The van der Waals surface area contributed by atoms with Crippen LogP contribution in [-0.2, 0) is 9.53 Å². The molecule has 0 saturated carbocycles. The van der Waals surface area contributed by atoms with Gasteiger partial charge in [-0.05, 0) is 32.0 Å². The van der Waals surface area contributed by atoms with Gasteiger partial charge in [0.25, 0.3) is 0 Å². The van der Waals surface area contributed by atoms with Crippen LogP contribution in [0.4, 0.5) is 10.2 Å². The highest BCUT2D eigenvalue weighted by molar-refractivity contribution is 5.85. The van der Waals surface area contributed by atoms with Crippen LogP contribution in [0.25, 0.3) is 0 Å². The lowest BCUT2D eigenvalue weighted by Crippen LogP contribution is -2.41. The van der Waals surface area contributed by atoms with E-state index in [4.69, 9.17) is 10.5 Å². The van der Waals surface area contributed by atoms with Crippen molar-refractivity contribution in [2.45, 2.75) is 44.2 Å². The van der Waals surface area contributed by atoms with E-state index in [1.54, 1.807) is 0 Å². The van der Waals surface area contributed by atoms with Crippen molar-refractivity contribution in [3.63, 3.8) is 0 Å². The molecule has 0 spiro atoms. The number of ketones is 1. The molecule has 3 rings (SSSR count). The molecule has 0 radical (unpaired) electrons. The van der Waals surface area contributed by atoms with Crippen LogP contribution in [0.5, 0.6) is 0 Å². The Bertz CT molecular complexity index is 629. The first kappa shape index (κ1) is 16.1. The molecule has 8 heteroatoms. The van der Waals surface area contributed by atoms with Gasteiger partial charge in [-0.15, -0.1) is 0 Å². The molecule has 3 atom stereocenters. The molecule has 0 aromatic carbocycles. The summed E-state index contributed by atoms with van der Waals surface area (Å²) >= 11 is 0. The first-order valence-corrected chi connectivity index (χ1v) is 7.94. The summed E-state index contributed by atoms with van der Waals surface area (Å²) in [6, 6.07) is 1.45. The summed E-state index contributed by atoms with van der Waals surface area (Å²) in [5.74, 6) is -0.169. The molecule has 0 bridgehead atoms. The Balaban J connectivity index is 1.65. The number of piperidine rings is 1. The standard InChI is InChI=1S/C15H21FN4O3/c16-10-8-13(20-7-4-12(17)18-15(20)22)23-14(10)11(21)9-19-5-2-1-3-6-19/h4,7,10,13-14H,1-3,5-6,8-9H2,(H2,17,18,22)/t10-,13+,14-/m0/s1. The average Bonchev–Trinajstić information content (AvgIpc) is 2.90. The van der Waals surface area contributed by atoms with Gasteiger partial charge in [0.15, 0.2) is 11.9 Å². The Hall–Kier alpha value is -1.80. The minimum Gasteiger partial charge on any atom is -0.383 e. The molecule has 2 saturated heterocycles. The number of halogens is 1. The highest BCUT2D eigenvalue weighted by Crippen LogP contribution is 2.30. The fourth-order valence-electron chi connectivity index (χ4n) is 3.16. The van der Waals surface area contributed by atoms with E-state index in [1.165, 1.54) is 23.3 Å². The predicted molar refractivity (Wildman–Crippen MR) is 81.6 cm³/mol. The molecule has 2 aliphatic heterocycles. The third kappa shape index (κ3) is 3.59. The number of rotatable bonds is 4. The van der Waals surface area contributed by atoms with E-state index in [0.717, 1.165) is 25.9 Å². The largest absolute Gasteiger partial charge is 0.383 e. The van der Waals surface area contributed by atoms with E-state index in [9.17, 15) is 14.0 Å². The molecule has 1 aromatic rings. The Morgan fingerprint density at radius 2 is 2.13 bits per heavy atom. The van der Waals surface area contributed by atoms with Crippen molar-refractivity contribution >= 4 is 11.6 Å². The molecule has 7 nitrogen and oxygen atoms in total. The summed E-state index contributed by atoms with van der Waals surface area (Å²) in [6.45, 7) is 1.92. The van der Waals surface area contributed by atoms with Crippen LogP contribution in [-0.4, -0.2) is 52.1 Å². The van der Waals surface area contributed by atoms with Crippen molar-refractivity contribution in [1.29, 1.82) is 0 Å². The molecule has 23 heavy (non-hydrogen) atoms. The van der Waals surface area contributed by atoms with Gasteiger partial charge < -0.3 is 10.5 Å². The minimum absolute atomic E-state index is 0.0398. The third-order valence-electron chi connectivity index (χ3n) is 4.37. The SMILES string of the molecule is Nc1ccn([C@H]2C[C@H](F)[C@@H](C(=O)CN3CCCCC3)O2)c(=O)n1. The number of nitrogens with two attached hydrogens (primary N) is 1. The van der Waals surface area contributed by atoms with Crippen LogP contribution in [0.2, 0.25) is 0 Å². The van der Waals surface area contributed by atoms with Crippen LogP contribution >= 0.6 is 0 Å². The monoisotopic (exact) mass is 324 g/mol. The Kier molecular flexibility index (Phi) is 4.72. The number of carbonyl (C=O) groups excluding carboxylic acids is 1. The van der Waals surface area contributed by atoms with Gasteiger partial charge >= 0.3 is 5.69 Å². The van der Waals surface area contributed by atoms with E-state index in [1.807, 2.05) is 4.90 Å². The number of alkyl halides is 1. The van der Waals surface area contributed by atoms with E-state index in [-0.39, 0.29) is 24.6 Å². The maximum Gasteiger partial charge on any atom is 0.351 e. The van der Waals surface area contributed by atoms with Gasteiger partial charge in [-0.2, -0.15) is 4.98 Å². The minimum atomic E-state index is -1.42. The number of carbonyl (C=O) groups is 1. The summed E-state index contributed by atoms with van der Waals surface area (Å²) in [5, 5.41) is 0. The van der Waals surface area contributed by atoms with E-state index < -0.39 is 24.2 Å². The van der Waals surface area contributed by atoms with Crippen molar-refractivity contribution in [3.05, 3.63) is 22.7 Å². The number of hydrogen-bond acceptors (Lipinski definition) is 6. The Labute approximate surface area is 133 Å². The summed E-state index contributed by atoms with van der Waals surface area (Å²) in [6.07, 6.45) is 1.32. The summed E-state index contributed by atoms with van der Waals surface area (Å²) in [7, 11) is 0. The van der Waals surface area contributed by atoms with Gasteiger partial charge in [-0.25, -0.2) is 9.18 Å². The summed E-state index contributed by atoms with van der Waals surface area (Å²) in [5.41, 5.74) is 4.83. The van der Waals surface area contributed by atoms with Crippen LogP contribution in [0.1, 0.15) is 31.9 Å². The van der Waals surface area contributed by atoms with E-state index >= 15 is 0 Å². The third-order valence-corrected chi connectivity index (χ3v) is 4.37. The molecule has 0 aliphatic carbocycles. The van der Waals surface area contributed by atoms with Crippen LogP contribution in [0.3, 0.4) is 0 Å². The van der Waals surface area contributed by atoms with Crippen LogP contribution in [0.15, 0.2) is 17.1 Å². The zero-order chi connectivity index (χ0) is 16.4. The fourth-order valence-corrected chi connectivity index (χ4v) is 3.16. The van der Waals surface area contributed by atoms with Gasteiger partial charge in [0, 0.05) is 12.6 Å². The number of nitrogens with zero attached hydrogens (tertiary/aromatic N) is 3. The molecule has 2 N–H and O–H groups in total. The molecule has 0 unspecified atom stereocenters. The highest BCUT2D eigenvalue weighted by atomic mass is 19.1. The molecule has 2 fully saturated rings. The molecule has 126 valence electrons. The van der Waals surface area contributed by atoms with Crippen molar-refractivity contribution < 1.29 is 13.9 Å². The highest BCUT2D eigenvalue weighted by Gasteiger charge is 2.41. The number of nitrogen functional groups attached to an aromatic ring is 1. The number of ether oxygens (including phenoxy) is 1. The lowest BCUT2D eigenvalue weighted by atomic mass is 10.1. The average molecular weight is 324 g/mol. The van der Waals surface area contributed by atoms with Gasteiger partial charge in [-0.3, -0.25) is 14.3 Å². The first-order chi connectivity index (χ1) is 11.0. The maximum atomic E-state index is 14.2. The fraction of sp³-hybridized carbons (Fsp3) is 0.667. The Morgan fingerprint density at radius 1 is 1.39 bits per heavy atom. The molecule has 0 amide bonds.